The summed E-state index contributed by atoms with van der Waals surface area (Å²) in [6.07, 6.45) is 3.57. The highest BCUT2D eigenvalue weighted by Crippen LogP contribution is 2.37. The van der Waals surface area contributed by atoms with Crippen molar-refractivity contribution in [2.24, 2.45) is 0 Å². The average molecular weight is 392 g/mol. The number of fused-ring (bicyclic) bond motifs is 2. The number of ether oxygens (including phenoxy) is 1. The second-order valence-electron chi connectivity index (χ2n) is 6.83. The summed E-state index contributed by atoms with van der Waals surface area (Å²) < 4.78 is 5.24. The molecule has 28 heavy (non-hydrogen) atoms. The van der Waals surface area contributed by atoms with Gasteiger partial charge in [0, 0.05) is 10.4 Å². The fourth-order valence-corrected chi connectivity index (χ4v) is 3.64. The van der Waals surface area contributed by atoms with Crippen LogP contribution in [0.1, 0.15) is 40.5 Å². The molecule has 0 N–H and O–H groups in total. The first-order chi connectivity index (χ1) is 13.5. The quantitative estimate of drug-likeness (QED) is 0.579. The molecular formula is C23H18ClNO3. The highest BCUT2D eigenvalue weighted by molar-refractivity contribution is 6.30. The molecule has 1 aromatic heterocycles. The molecular weight excluding hydrogens is 374 g/mol. The van der Waals surface area contributed by atoms with Crippen LogP contribution in [-0.2, 0) is 16.0 Å². The van der Waals surface area contributed by atoms with E-state index in [4.69, 9.17) is 21.3 Å². The minimum absolute atomic E-state index is 0.188. The molecule has 0 amide bonds. The van der Waals surface area contributed by atoms with E-state index in [-0.39, 0.29) is 12.4 Å². The fourth-order valence-electron chi connectivity index (χ4n) is 3.51. The lowest BCUT2D eigenvalue weighted by Gasteiger charge is -2.12. The zero-order chi connectivity index (χ0) is 19.7. The van der Waals surface area contributed by atoms with Gasteiger partial charge in [0.1, 0.15) is 6.61 Å². The van der Waals surface area contributed by atoms with Crippen molar-refractivity contribution in [3.63, 3.8) is 0 Å². The molecule has 0 bridgehead atoms. The zero-order valence-corrected chi connectivity index (χ0v) is 16.1. The van der Waals surface area contributed by atoms with Crippen LogP contribution in [0.15, 0.2) is 48.5 Å². The van der Waals surface area contributed by atoms with Crippen LogP contribution in [0.25, 0.3) is 22.6 Å². The monoisotopic (exact) mass is 391 g/mol. The van der Waals surface area contributed by atoms with Crippen molar-refractivity contribution in [1.82, 2.24) is 4.98 Å². The van der Waals surface area contributed by atoms with Crippen molar-refractivity contribution in [1.29, 1.82) is 0 Å². The molecule has 140 valence electrons. The first kappa shape index (κ1) is 18.4. The van der Waals surface area contributed by atoms with E-state index in [0.717, 1.165) is 39.7 Å². The number of allylic oxidation sites excluding steroid dienone is 1. The molecule has 0 saturated heterocycles. The standard InChI is InChI=1S/C23H18ClNO3/c1-14(26)13-28-23(27)21-18-4-2-3-5-20(18)25-22-16(8-11-19(21)22)12-15-6-9-17(24)10-7-15/h2-7,9-10,12H,8,11,13H2,1H3. The number of aromatic nitrogens is 1. The van der Waals surface area contributed by atoms with Gasteiger partial charge in [-0.05, 0) is 60.7 Å². The van der Waals surface area contributed by atoms with Gasteiger partial charge in [0.2, 0.25) is 0 Å². The summed E-state index contributed by atoms with van der Waals surface area (Å²) in [6, 6.07) is 15.1. The Kier molecular flexibility index (Phi) is 4.97. The predicted molar refractivity (Wildman–Crippen MR) is 110 cm³/mol. The number of ketones is 1. The first-order valence-corrected chi connectivity index (χ1v) is 9.45. The normalized spacial score (nSPS) is 14.3. The Labute approximate surface area is 167 Å². The molecule has 1 heterocycles. The van der Waals surface area contributed by atoms with E-state index in [2.05, 4.69) is 6.08 Å². The van der Waals surface area contributed by atoms with Gasteiger partial charge in [-0.3, -0.25) is 4.79 Å². The minimum atomic E-state index is -0.474. The zero-order valence-electron chi connectivity index (χ0n) is 15.4. The summed E-state index contributed by atoms with van der Waals surface area (Å²) in [7, 11) is 0. The summed E-state index contributed by atoms with van der Waals surface area (Å²) in [6.45, 7) is 1.17. The van der Waals surface area contributed by atoms with Crippen molar-refractivity contribution < 1.29 is 14.3 Å². The van der Waals surface area contributed by atoms with Gasteiger partial charge in [0.05, 0.1) is 16.8 Å². The molecule has 0 saturated carbocycles. The third-order valence-electron chi connectivity index (χ3n) is 4.76. The van der Waals surface area contributed by atoms with Crippen molar-refractivity contribution in [3.05, 3.63) is 75.9 Å². The van der Waals surface area contributed by atoms with Gasteiger partial charge in [0.15, 0.2) is 5.78 Å². The molecule has 0 radical (unpaired) electrons. The molecule has 0 unspecified atom stereocenters. The van der Waals surface area contributed by atoms with E-state index in [0.29, 0.717) is 17.0 Å². The van der Waals surface area contributed by atoms with Crippen LogP contribution in [0.4, 0.5) is 0 Å². The SMILES string of the molecule is CC(=O)COC(=O)c1c2c(nc3ccccc13)C(=Cc1ccc(Cl)cc1)CC2. The number of esters is 1. The molecule has 1 aliphatic rings. The minimum Gasteiger partial charge on any atom is -0.454 e. The van der Waals surface area contributed by atoms with E-state index >= 15 is 0 Å². The number of Topliss-reactive ketones (excluding diaryl/α,β-unsaturated/α-hetero) is 1. The number of para-hydroxylation sites is 1. The van der Waals surface area contributed by atoms with Crippen LogP contribution < -0.4 is 0 Å². The largest absolute Gasteiger partial charge is 0.454 e. The van der Waals surface area contributed by atoms with Gasteiger partial charge in [-0.15, -0.1) is 0 Å². The second-order valence-corrected chi connectivity index (χ2v) is 7.27. The molecule has 3 aromatic rings. The van der Waals surface area contributed by atoms with Gasteiger partial charge in [0.25, 0.3) is 0 Å². The molecule has 0 aliphatic heterocycles. The lowest BCUT2D eigenvalue weighted by Crippen LogP contribution is -2.14. The molecule has 1 aliphatic carbocycles. The number of nitrogens with zero attached hydrogens (tertiary/aromatic N) is 1. The number of pyridine rings is 1. The van der Waals surface area contributed by atoms with Gasteiger partial charge in [-0.25, -0.2) is 9.78 Å². The highest BCUT2D eigenvalue weighted by Gasteiger charge is 2.27. The third kappa shape index (κ3) is 3.56. The van der Waals surface area contributed by atoms with Crippen molar-refractivity contribution >= 4 is 45.9 Å². The number of hydrogen-bond acceptors (Lipinski definition) is 4. The van der Waals surface area contributed by atoms with E-state index < -0.39 is 5.97 Å². The van der Waals surface area contributed by atoms with Crippen molar-refractivity contribution in [3.8, 4) is 0 Å². The van der Waals surface area contributed by atoms with Crippen LogP contribution in [0.5, 0.6) is 0 Å². The van der Waals surface area contributed by atoms with Gasteiger partial charge < -0.3 is 4.74 Å². The predicted octanol–water partition coefficient (Wildman–Crippen LogP) is 5.12. The summed E-state index contributed by atoms with van der Waals surface area (Å²) >= 11 is 5.97. The Morgan fingerprint density at radius 1 is 1.11 bits per heavy atom. The van der Waals surface area contributed by atoms with E-state index in [1.165, 1.54) is 6.92 Å². The molecule has 0 spiro atoms. The Balaban J connectivity index is 1.83. The van der Waals surface area contributed by atoms with Gasteiger partial charge in [-0.2, -0.15) is 0 Å². The molecule has 2 aromatic carbocycles. The number of halogens is 1. The third-order valence-corrected chi connectivity index (χ3v) is 5.02. The van der Waals surface area contributed by atoms with Gasteiger partial charge >= 0.3 is 5.97 Å². The lowest BCUT2D eigenvalue weighted by atomic mass is 10.0. The summed E-state index contributed by atoms with van der Waals surface area (Å²) in [4.78, 5) is 28.9. The van der Waals surface area contributed by atoms with Crippen molar-refractivity contribution in [2.45, 2.75) is 19.8 Å². The van der Waals surface area contributed by atoms with Crippen molar-refractivity contribution in [2.75, 3.05) is 6.61 Å². The van der Waals surface area contributed by atoms with Crippen LogP contribution >= 0.6 is 11.6 Å². The Morgan fingerprint density at radius 3 is 2.61 bits per heavy atom. The Morgan fingerprint density at radius 2 is 1.86 bits per heavy atom. The smallest absolute Gasteiger partial charge is 0.339 e. The molecule has 4 rings (SSSR count). The maximum absolute atomic E-state index is 12.8. The van der Waals surface area contributed by atoms with Crippen LogP contribution in [0.3, 0.4) is 0 Å². The molecule has 5 heteroatoms. The number of carbonyl (C=O) groups is 2. The summed E-state index contributed by atoms with van der Waals surface area (Å²) in [5.41, 5.74) is 5.06. The van der Waals surface area contributed by atoms with E-state index in [9.17, 15) is 9.59 Å². The highest BCUT2D eigenvalue weighted by atomic mass is 35.5. The fraction of sp³-hybridized carbons (Fsp3) is 0.174. The second kappa shape index (κ2) is 7.56. The summed E-state index contributed by atoms with van der Waals surface area (Å²) in [5.74, 6) is -0.663. The number of hydrogen-bond donors (Lipinski definition) is 0. The van der Waals surface area contributed by atoms with Crippen LogP contribution in [-0.4, -0.2) is 23.3 Å². The maximum atomic E-state index is 12.8. The molecule has 4 nitrogen and oxygen atoms in total. The number of benzene rings is 2. The summed E-state index contributed by atoms with van der Waals surface area (Å²) in [5, 5.41) is 1.44. The molecule has 0 atom stereocenters. The maximum Gasteiger partial charge on any atom is 0.339 e. The average Bonchev–Trinajstić information content (AvgIpc) is 3.08. The molecule has 0 fully saturated rings. The topological polar surface area (TPSA) is 56.3 Å². The Bertz CT molecular complexity index is 1120. The lowest BCUT2D eigenvalue weighted by molar-refractivity contribution is -0.120. The van der Waals surface area contributed by atoms with Crippen LogP contribution in [0, 0.1) is 0 Å². The first-order valence-electron chi connectivity index (χ1n) is 9.07. The van der Waals surface area contributed by atoms with Gasteiger partial charge in [-0.1, -0.05) is 41.9 Å². The number of rotatable bonds is 4. The van der Waals surface area contributed by atoms with E-state index in [1.807, 2.05) is 48.5 Å². The Hall–Kier alpha value is -2.98. The van der Waals surface area contributed by atoms with E-state index in [1.54, 1.807) is 0 Å². The number of carbonyl (C=O) groups excluding carboxylic acids is 2. The van der Waals surface area contributed by atoms with Crippen LogP contribution in [0.2, 0.25) is 5.02 Å².